The van der Waals surface area contributed by atoms with Gasteiger partial charge < -0.3 is 5.32 Å². The third-order valence-corrected chi connectivity index (χ3v) is 8.00. The van der Waals surface area contributed by atoms with Crippen LogP contribution in [-0.2, 0) is 16.4 Å². The molecule has 0 aliphatic heterocycles. The quantitative estimate of drug-likeness (QED) is 0.346. The zero-order valence-electron chi connectivity index (χ0n) is 18.7. The fraction of sp³-hybridized carbons (Fsp3) is 0.107. The van der Waals surface area contributed by atoms with Crippen molar-refractivity contribution in [2.45, 2.75) is 18.2 Å². The highest BCUT2D eigenvalue weighted by Crippen LogP contribution is 2.37. The second-order valence-electron chi connectivity index (χ2n) is 8.19. The van der Waals surface area contributed by atoms with Gasteiger partial charge in [-0.3, -0.25) is 9.10 Å². The molecule has 1 aliphatic rings. The first-order chi connectivity index (χ1) is 16.5. The van der Waals surface area contributed by atoms with E-state index in [-0.39, 0.29) is 10.8 Å². The van der Waals surface area contributed by atoms with E-state index in [4.69, 9.17) is 0 Å². The van der Waals surface area contributed by atoms with Gasteiger partial charge in [0.25, 0.3) is 15.9 Å². The smallest absolute Gasteiger partial charge is 0.264 e. The van der Waals surface area contributed by atoms with Crippen LogP contribution in [0.4, 0.5) is 11.4 Å². The van der Waals surface area contributed by atoms with E-state index in [0.29, 0.717) is 17.8 Å². The van der Waals surface area contributed by atoms with Gasteiger partial charge in [-0.2, -0.15) is 0 Å². The predicted molar refractivity (Wildman–Crippen MR) is 136 cm³/mol. The summed E-state index contributed by atoms with van der Waals surface area (Å²) in [6.45, 7) is 2.10. The number of rotatable bonds is 6. The maximum Gasteiger partial charge on any atom is 0.264 e. The summed E-state index contributed by atoms with van der Waals surface area (Å²) in [7, 11) is -3.74. The molecule has 5 nitrogen and oxygen atoms in total. The van der Waals surface area contributed by atoms with E-state index in [1.165, 1.54) is 38.7 Å². The molecule has 1 amide bonds. The normalized spacial score (nSPS) is 12.0. The molecule has 0 heterocycles. The number of hydrogen-bond acceptors (Lipinski definition) is 3. The van der Waals surface area contributed by atoms with E-state index >= 15 is 0 Å². The van der Waals surface area contributed by atoms with E-state index in [2.05, 4.69) is 17.4 Å². The summed E-state index contributed by atoms with van der Waals surface area (Å²) in [4.78, 5) is 13.0. The zero-order chi connectivity index (χ0) is 23.7. The van der Waals surface area contributed by atoms with Gasteiger partial charge in [-0.1, -0.05) is 48.5 Å². The number of nitrogens with one attached hydrogen (secondary N) is 1. The van der Waals surface area contributed by atoms with Crippen LogP contribution < -0.4 is 9.62 Å². The second-order valence-corrected chi connectivity index (χ2v) is 10.1. The van der Waals surface area contributed by atoms with Gasteiger partial charge in [0.15, 0.2) is 0 Å². The van der Waals surface area contributed by atoms with Crippen LogP contribution in [0.15, 0.2) is 102 Å². The number of fused-ring (bicyclic) bond motifs is 3. The van der Waals surface area contributed by atoms with Crippen LogP contribution in [0.2, 0.25) is 0 Å². The summed E-state index contributed by atoms with van der Waals surface area (Å²) in [5, 5.41) is 2.93. The number of anilines is 2. The van der Waals surface area contributed by atoms with E-state index in [0.717, 1.165) is 12.1 Å². The van der Waals surface area contributed by atoms with Crippen molar-refractivity contribution >= 4 is 27.3 Å². The highest BCUT2D eigenvalue weighted by molar-refractivity contribution is 7.92. The molecule has 1 N–H and O–H groups in total. The Bertz CT molecular complexity index is 1460. The summed E-state index contributed by atoms with van der Waals surface area (Å²) >= 11 is 0. The Morgan fingerprint density at radius 1 is 0.824 bits per heavy atom. The van der Waals surface area contributed by atoms with Crippen molar-refractivity contribution in [2.24, 2.45) is 0 Å². The fourth-order valence-corrected chi connectivity index (χ4v) is 5.89. The SMILES string of the molecule is CCN(c1ccccc1)S(=O)(=O)c1ccc(C(=O)Nc2ccc3c(c2)Cc2ccccc2-3)cc1. The highest BCUT2D eigenvalue weighted by Gasteiger charge is 2.24. The highest BCUT2D eigenvalue weighted by atomic mass is 32.2. The first-order valence-corrected chi connectivity index (χ1v) is 12.6. The largest absolute Gasteiger partial charge is 0.322 e. The Hall–Kier alpha value is -3.90. The van der Waals surface area contributed by atoms with Gasteiger partial charge >= 0.3 is 0 Å². The van der Waals surface area contributed by atoms with Crippen molar-refractivity contribution in [1.29, 1.82) is 0 Å². The first-order valence-electron chi connectivity index (χ1n) is 11.2. The number of amides is 1. The van der Waals surface area contributed by atoms with E-state index in [9.17, 15) is 13.2 Å². The average molecular weight is 469 g/mol. The molecule has 0 saturated heterocycles. The molecule has 6 heteroatoms. The standard InChI is InChI=1S/C28H24N2O3S/c1-2-30(24-9-4-3-5-10-24)34(32,33)25-15-12-20(13-16-25)28(31)29-23-14-17-27-22(19-23)18-21-8-6-7-11-26(21)27/h3-17,19H,2,18H2,1H3,(H,29,31). The summed E-state index contributed by atoms with van der Waals surface area (Å²) in [6, 6.07) is 29.3. The van der Waals surface area contributed by atoms with Crippen LogP contribution in [0.25, 0.3) is 11.1 Å². The minimum atomic E-state index is -3.74. The van der Waals surface area contributed by atoms with Crippen molar-refractivity contribution in [2.75, 3.05) is 16.2 Å². The van der Waals surface area contributed by atoms with E-state index in [1.807, 2.05) is 36.4 Å². The summed E-state index contributed by atoms with van der Waals surface area (Å²) in [6.07, 6.45) is 0.844. The molecule has 0 atom stereocenters. The number of sulfonamides is 1. The molecule has 0 unspecified atom stereocenters. The third kappa shape index (κ3) is 3.97. The average Bonchev–Trinajstić information content (AvgIpc) is 3.23. The lowest BCUT2D eigenvalue weighted by Crippen LogP contribution is -2.30. The van der Waals surface area contributed by atoms with E-state index in [1.54, 1.807) is 43.3 Å². The molecule has 1 aliphatic carbocycles. The van der Waals surface area contributed by atoms with Crippen molar-refractivity contribution < 1.29 is 13.2 Å². The number of carbonyl (C=O) groups excluding carboxylic acids is 1. The zero-order valence-corrected chi connectivity index (χ0v) is 19.5. The minimum absolute atomic E-state index is 0.144. The Kier molecular flexibility index (Phi) is 5.67. The maximum atomic E-state index is 13.2. The number of nitrogens with zero attached hydrogens (tertiary/aromatic N) is 1. The monoisotopic (exact) mass is 468 g/mol. The molecular formula is C28H24N2O3S. The molecule has 0 spiro atoms. The second kappa shape index (κ2) is 8.80. The molecule has 4 aromatic carbocycles. The van der Waals surface area contributed by atoms with E-state index < -0.39 is 10.0 Å². The Morgan fingerprint density at radius 3 is 2.24 bits per heavy atom. The first kappa shape index (κ1) is 21.9. The molecular weight excluding hydrogens is 444 g/mol. The minimum Gasteiger partial charge on any atom is -0.322 e. The van der Waals surface area contributed by atoms with Crippen molar-refractivity contribution in [1.82, 2.24) is 0 Å². The van der Waals surface area contributed by atoms with Crippen molar-refractivity contribution in [3.8, 4) is 11.1 Å². The summed E-state index contributed by atoms with van der Waals surface area (Å²) in [5.41, 5.74) is 6.62. The van der Waals surface area contributed by atoms with Gasteiger partial charge in [0.2, 0.25) is 0 Å². The molecule has 0 saturated carbocycles. The lowest BCUT2D eigenvalue weighted by atomic mass is 10.1. The lowest BCUT2D eigenvalue weighted by Gasteiger charge is -2.23. The van der Waals surface area contributed by atoms with Crippen molar-refractivity contribution in [3.05, 3.63) is 114 Å². The molecule has 4 aromatic rings. The van der Waals surface area contributed by atoms with Gasteiger partial charge in [-0.15, -0.1) is 0 Å². The Labute approximate surface area is 199 Å². The Balaban J connectivity index is 1.33. The van der Waals surface area contributed by atoms with Gasteiger partial charge in [0.1, 0.15) is 0 Å². The molecule has 0 fully saturated rings. The number of carbonyl (C=O) groups is 1. The Morgan fingerprint density at radius 2 is 1.50 bits per heavy atom. The maximum absolute atomic E-state index is 13.2. The predicted octanol–water partition coefficient (Wildman–Crippen LogP) is 5.73. The molecule has 5 rings (SSSR count). The van der Waals surface area contributed by atoms with Crippen LogP contribution in [0.1, 0.15) is 28.4 Å². The number of para-hydroxylation sites is 1. The van der Waals surface area contributed by atoms with Crippen LogP contribution in [0.3, 0.4) is 0 Å². The van der Waals surface area contributed by atoms with Gasteiger partial charge in [0, 0.05) is 17.8 Å². The summed E-state index contributed by atoms with van der Waals surface area (Å²) in [5.74, 6) is -0.283. The van der Waals surface area contributed by atoms with Crippen LogP contribution in [0, 0.1) is 0 Å². The number of hydrogen-bond donors (Lipinski definition) is 1. The van der Waals surface area contributed by atoms with Crippen LogP contribution in [0.5, 0.6) is 0 Å². The topological polar surface area (TPSA) is 66.5 Å². The van der Waals surface area contributed by atoms with Crippen molar-refractivity contribution in [3.63, 3.8) is 0 Å². The fourth-order valence-electron chi connectivity index (χ4n) is 4.42. The third-order valence-electron chi connectivity index (χ3n) is 6.09. The van der Waals surface area contributed by atoms with Crippen LogP contribution >= 0.6 is 0 Å². The van der Waals surface area contributed by atoms with Crippen LogP contribution in [-0.4, -0.2) is 20.9 Å². The summed E-state index contributed by atoms with van der Waals surface area (Å²) < 4.78 is 27.7. The molecule has 34 heavy (non-hydrogen) atoms. The lowest BCUT2D eigenvalue weighted by molar-refractivity contribution is 0.102. The van der Waals surface area contributed by atoms with Gasteiger partial charge in [-0.05, 0) is 84.1 Å². The number of benzene rings is 4. The van der Waals surface area contributed by atoms with Gasteiger partial charge in [-0.25, -0.2) is 8.42 Å². The molecule has 0 aromatic heterocycles. The molecule has 0 radical (unpaired) electrons. The molecule has 170 valence electrons. The van der Waals surface area contributed by atoms with Gasteiger partial charge in [0.05, 0.1) is 10.6 Å². The molecule has 0 bridgehead atoms.